The van der Waals surface area contributed by atoms with E-state index in [1.807, 2.05) is 32.9 Å². The Kier molecular flexibility index (Phi) is 5.38. The van der Waals surface area contributed by atoms with Crippen molar-refractivity contribution in [2.75, 3.05) is 11.4 Å². The van der Waals surface area contributed by atoms with Crippen molar-refractivity contribution in [1.82, 2.24) is 20.1 Å². The van der Waals surface area contributed by atoms with E-state index in [4.69, 9.17) is 11.6 Å². The van der Waals surface area contributed by atoms with Crippen LogP contribution in [0.2, 0.25) is 5.15 Å². The molecule has 1 atom stereocenters. The Labute approximate surface area is 135 Å². The van der Waals surface area contributed by atoms with E-state index < -0.39 is 0 Å². The molecule has 2 aromatic heterocycles. The molecule has 1 N–H and O–H groups in total. The second-order valence-corrected chi connectivity index (χ2v) is 5.32. The third kappa shape index (κ3) is 3.57. The van der Waals surface area contributed by atoms with Crippen molar-refractivity contribution in [2.24, 2.45) is 0 Å². The lowest BCUT2D eigenvalue weighted by molar-refractivity contribution is 0.243. The second-order valence-electron chi connectivity index (χ2n) is 4.96. The van der Waals surface area contributed by atoms with Crippen LogP contribution in [-0.2, 0) is 0 Å². The van der Waals surface area contributed by atoms with Gasteiger partial charge in [0.15, 0.2) is 5.15 Å². The van der Waals surface area contributed by atoms with Crippen LogP contribution in [0.5, 0.6) is 0 Å². The van der Waals surface area contributed by atoms with Crippen LogP contribution < -0.4 is 10.2 Å². The van der Waals surface area contributed by atoms with Crippen molar-refractivity contribution >= 4 is 23.3 Å². The number of aromatic nitrogens is 3. The Morgan fingerprint density at radius 2 is 2.27 bits per heavy atom. The summed E-state index contributed by atoms with van der Waals surface area (Å²) in [5.41, 5.74) is 1.36. The summed E-state index contributed by atoms with van der Waals surface area (Å²) in [4.78, 5) is 18.0. The van der Waals surface area contributed by atoms with Crippen LogP contribution in [-0.4, -0.2) is 33.4 Å². The first kappa shape index (κ1) is 16.3. The molecule has 0 saturated heterocycles. The predicted molar refractivity (Wildman–Crippen MR) is 87.7 cm³/mol. The molecule has 0 aliphatic heterocycles. The van der Waals surface area contributed by atoms with Crippen molar-refractivity contribution in [2.45, 2.75) is 33.2 Å². The molecule has 118 valence electrons. The number of nitrogens with one attached hydrogen (secondary N) is 1. The molecule has 0 aliphatic rings. The number of carbonyl (C=O) groups is 1. The first-order valence-electron chi connectivity index (χ1n) is 7.30. The van der Waals surface area contributed by atoms with Crippen LogP contribution >= 0.6 is 11.6 Å². The summed E-state index contributed by atoms with van der Waals surface area (Å²) in [6.45, 7) is 6.38. The fourth-order valence-electron chi connectivity index (χ4n) is 1.96. The van der Waals surface area contributed by atoms with Gasteiger partial charge in [-0.1, -0.05) is 18.5 Å². The number of nitrogens with zero attached hydrogens (tertiary/aromatic N) is 4. The highest BCUT2D eigenvalue weighted by atomic mass is 35.5. The van der Waals surface area contributed by atoms with E-state index in [1.165, 1.54) is 0 Å². The summed E-state index contributed by atoms with van der Waals surface area (Å²) < 4.78 is 1.61. The van der Waals surface area contributed by atoms with Crippen molar-refractivity contribution in [1.29, 1.82) is 0 Å². The van der Waals surface area contributed by atoms with Gasteiger partial charge in [0.1, 0.15) is 5.69 Å². The Morgan fingerprint density at radius 3 is 2.86 bits per heavy atom. The van der Waals surface area contributed by atoms with E-state index in [0.717, 1.165) is 12.1 Å². The Bertz CT molecular complexity index is 628. The third-order valence-electron chi connectivity index (χ3n) is 3.40. The van der Waals surface area contributed by atoms with Crippen molar-refractivity contribution in [3.05, 3.63) is 35.9 Å². The maximum Gasteiger partial charge on any atom is 0.322 e. The minimum atomic E-state index is -0.176. The highest BCUT2D eigenvalue weighted by Gasteiger charge is 2.21. The molecule has 2 aromatic rings. The molecule has 0 bridgehead atoms. The first-order valence-corrected chi connectivity index (χ1v) is 7.68. The minimum Gasteiger partial charge on any atom is -0.335 e. The van der Waals surface area contributed by atoms with Gasteiger partial charge in [0.25, 0.3) is 0 Å². The highest BCUT2D eigenvalue weighted by Crippen LogP contribution is 2.26. The molecule has 2 amide bonds. The van der Waals surface area contributed by atoms with Crippen LogP contribution in [0.1, 0.15) is 27.2 Å². The first-order chi connectivity index (χ1) is 10.6. The zero-order chi connectivity index (χ0) is 16.1. The third-order valence-corrected chi connectivity index (χ3v) is 3.67. The monoisotopic (exact) mass is 321 g/mol. The number of amides is 2. The van der Waals surface area contributed by atoms with Gasteiger partial charge >= 0.3 is 6.03 Å². The lowest BCUT2D eigenvalue weighted by Gasteiger charge is -2.22. The normalized spacial score (nSPS) is 12.0. The van der Waals surface area contributed by atoms with Gasteiger partial charge in [-0.25, -0.2) is 9.48 Å². The molecule has 22 heavy (non-hydrogen) atoms. The number of urea groups is 1. The molecule has 0 radical (unpaired) electrons. The molecule has 2 heterocycles. The van der Waals surface area contributed by atoms with Gasteiger partial charge in [0.2, 0.25) is 0 Å². The average Bonchev–Trinajstić information content (AvgIpc) is 2.91. The number of rotatable bonds is 5. The van der Waals surface area contributed by atoms with Crippen molar-refractivity contribution < 1.29 is 4.79 Å². The fourth-order valence-corrected chi connectivity index (χ4v) is 2.19. The molecule has 6 nitrogen and oxygen atoms in total. The van der Waals surface area contributed by atoms with Crippen LogP contribution in [0.4, 0.5) is 10.5 Å². The smallest absolute Gasteiger partial charge is 0.322 e. The maximum absolute atomic E-state index is 12.3. The molecule has 0 aliphatic carbocycles. The summed E-state index contributed by atoms with van der Waals surface area (Å²) >= 11 is 6.21. The summed E-state index contributed by atoms with van der Waals surface area (Å²) in [5, 5.41) is 7.47. The molecule has 7 heteroatoms. The lowest BCUT2D eigenvalue weighted by atomic mass is 10.3. The Hall–Kier alpha value is -2.08. The lowest BCUT2D eigenvalue weighted by Crippen LogP contribution is -2.43. The Balaban J connectivity index is 2.27. The molecular formula is C15H20ClN5O. The quantitative estimate of drug-likeness (QED) is 0.919. The summed E-state index contributed by atoms with van der Waals surface area (Å²) in [6.07, 6.45) is 5.97. The fraction of sp³-hybridized carbons (Fsp3) is 0.400. The summed E-state index contributed by atoms with van der Waals surface area (Å²) in [6, 6.07) is 3.62. The summed E-state index contributed by atoms with van der Waals surface area (Å²) in [5.74, 6) is 0. The zero-order valence-corrected chi connectivity index (χ0v) is 13.7. The van der Waals surface area contributed by atoms with E-state index >= 15 is 0 Å². The zero-order valence-electron chi connectivity index (χ0n) is 13.0. The van der Waals surface area contributed by atoms with Crippen LogP contribution in [0.3, 0.4) is 0 Å². The van der Waals surface area contributed by atoms with Gasteiger partial charge < -0.3 is 5.32 Å². The molecule has 0 fully saturated rings. The topological polar surface area (TPSA) is 63.1 Å². The number of pyridine rings is 1. The number of hydrogen-bond donors (Lipinski definition) is 1. The van der Waals surface area contributed by atoms with Gasteiger partial charge in [-0.2, -0.15) is 5.10 Å². The number of anilines is 1. The molecule has 0 aromatic carbocycles. The largest absolute Gasteiger partial charge is 0.335 e. The van der Waals surface area contributed by atoms with Crippen LogP contribution in [0.25, 0.3) is 5.69 Å². The van der Waals surface area contributed by atoms with Crippen LogP contribution in [0, 0.1) is 0 Å². The Morgan fingerprint density at radius 1 is 1.50 bits per heavy atom. The van der Waals surface area contributed by atoms with Gasteiger partial charge in [0, 0.05) is 18.8 Å². The van der Waals surface area contributed by atoms with E-state index in [9.17, 15) is 4.79 Å². The molecular weight excluding hydrogens is 302 g/mol. The van der Waals surface area contributed by atoms with Gasteiger partial charge in [-0.05, 0) is 32.4 Å². The van der Waals surface area contributed by atoms with E-state index in [1.54, 1.807) is 28.2 Å². The number of halogens is 1. The van der Waals surface area contributed by atoms with Gasteiger partial charge in [-0.3, -0.25) is 9.88 Å². The second kappa shape index (κ2) is 7.26. The van der Waals surface area contributed by atoms with E-state index in [-0.39, 0.29) is 17.2 Å². The molecule has 1 unspecified atom stereocenters. The van der Waals surface area contributed by atoms with Crippen LogP contribution in [0.15, 0.2) is 30.7 Å². The highest BCUT2D eigenvalue weighted by molar-refractivity contribution is 6.32. The standard InChI is InChI=1S/C15H20ClN5O/c1-4-11(3)18-15(22)20(5-2)13-10-21(19-14(13)16)12-7-6-8-17-9-12/h6-11H,4-5H2,1-3H3,(H,18,22). The molecule has 0 spiro atoms. The molecule has 0 saturated carbocycles. The SMILES string of the molecule is CCC(C)NC(=O)N(CC)c1cn(-c2cccnc2)nc1Cl. The van der Waals surface area contributed by atoms with Crippen molar-refractivity contribution in [3.63, 3.8) is 0 Å². The average molecular weight is 322 g/mol. The van der Waals surface area contributed by atoms with Gasteiger partial charge in [0.05, 0.1) is 18.1 Å². The molecule has 2 rings (SSSR count). The van der Waals surface area contributed by atoms with E-state index in [2.05, 4.69) is 15.4 Å². The van der Waals surface area contributed by atoms with Crippen molar-refractivity contribution in [3.8, 4) is 5.69 Å². The predicted octanol–water partition coefficient (Wildman–Crippen LogP) is 3.26. The minimum absolute atomic E-state index is 0.105. The van der Waals surface area contributed by atoms with E-state index in [0.29, 0.717) is 12.2 Å². The number of hydrogen-bond acceptors (Lipinski definition) is 3. The summed E-state index contributed by atoms with van der Waals surface area (Å²) in [7, 11) is 0. The maximum atomic E-state index is 12.3. The number of carbonyl (C=O) groups excluding carboxylic acids is 1. The van der Waals surface area contributed by atoms with Gasteiger partial charge in [-0.15, -0.1) is 0 Å².